The van der Waals surface area contributed by atoms with Crippen LogP contribution >= 0.6 is 27.5 Å². The summed E-state index contributed by atoms with van der Waals surface area (Å²) in [6.45, 7) is 0.579. The van der Waals surface area contributed by atoms with Crippen LogP contribution in [0.5, 0.6) is 0 Å². The summed E-state index contributed by atoms with van der Waals surface area (Å²) in [6.07, 6.45) is 7.90. The number of terminal acetylenes is 1. The van der Waals surface area contributed by atoms with Gasteiger partial charge in [-0.05, 0) is 64.8 Å². The first kappa shape index (κ1) is 24.8. The van der Waals surface area contributed by atoms with E-state index in [1.807, 2.05) is 0 Å². The summed E-state index contributed by atoms with van der Waals surface area (Å²) >= 11 is 9.55. The number of benzene rings is 2. The highest BCUT2D eigenvalue weighted by Crippen LogP contribution is 2.27. The van der Waals surface area contributed by atoms with Gasteiger partial charge in [0.2, 0.25) is 0 Å². The Balaban J connectivity index is 1.62. The van der Waals surface area contributed by atoms with Crippen molar-refractivity contribution in [3.8, 4) is 18.0 Å². The summed E-state index contributed by atoms with van der Waals surface area (Å²) in [5.74, 6) is 2.23. The van der Waals surface area contributed by atoms with Gasteiger partial charge in [0.05, 0.1) is 29.1 Å². The number of nitrogens with one attached hydrogen (secondary N) is 1. The SMILES string of the molecule is C#CCc1cnn2c3c(c(=O)n(-c4ccc(C(=O)NC)cc4)c12)CCN(C(=O)c1ccc(Br)c(Cl)c1)C3. The molecule has 2 aromatic carbocycles. The number of hydrogen-bond donors (Lipinski definition) is 1. The standard InChI is InChI=1S/C27H21BrClN5O3/c1-3-4-18-14-31-34-23-15-32(26(36)17-7-10-21(28)22(29)13-17)12-11-20(23)27(37)33(25(18)34)19-8-5-16(6-9-19)24(35)30-2/h1,5-10,13-14H,4,11-12,15H2,2H3,(H,30,35). The van der Waals surface area contributed by atoms with Crippen molar-refractivity contribution in [2.75, 3.05) is 13.6 Å². The van der Waals surface area contributed by atoms with Gasteiger partial charge in [-0.25, -0.2) is 4.52 Å². The molecule has 0 radical (unpaired) electrons. The van der Waals surface area contributed by atoms with Crippen molar-refractivity contribution in [3.63, 3.8) is 0 Å². The van der Waals surface area contributed by atoms with Gasteiger partial charge in [-0.1, -0.05) is 11.6 Å². The van der Waals surface area contributed by atoms with Crippen molar-refractivity contribution < 1.29 is 9.59 Å². The normalized spacial score (nSPS) is 12.8. The Bertz CT molecular complexity index is 1670. The van der Waals surface area contributed by atoms with E-state index in [1.54, 1.807) is 69.7 Å². The van der Waals surface area contributed by atoms with Crippen LogP contribution in [0.15, 0.2) is 57.9 Å². The molecule has 0 saturated heterocycles. The zero-order valence-corrected chi connectivity index (χ0v) is 22.1. The van der Waals surface area contributed by atoms with E-state index in [4.69, 9.17) is 18.0 Å². The zero-order chi connectivity index (χ0) is 26.3. The molecule has 186 valence electrons. The Labute approximate surface area is 226 Å². The predicted molar refractivity (Wildman–Crippen MR) is 144 cm³/mol. The lowest BCUT2D eigenvalue weighted by Gasteiger charge is -2.29. The fourth-order valence-corrected chi connectivity index (χ4v) is 5.01. The van der Waals surface area contributed by atoms with E-state index in [-0.39, 0.29) is 30.3 Å². The van der Waals surface area contributed by atoms with Crippen LogP contribution in [0.1, 0.15) is 37.5 Å². The molecule has 0 aliphatic carbocycles. The lowest BCUT2D eigenvalue weighted by Crippen LogP contribution is -2.41. The smallest absolute Gasteiger partial charge is 0.261 e. The second-order valence-corrected chi connectivity index (χ2v) is 9.85. The maximum atomic E-state index is 13.9. The van der Waals surface area contributed by atoms with Crippen LogP contribution < -0.4 is 10.9 Å². The topological polar surface area (TPSA) is 88.7 Å². The summed E-state index contributed by atoms with van der Waals surface area (Å²) in [6, 6.07) is 11.8. The molecule has 0 spiro atoms. The Hall–Kier alpha value is -3.87. The number of amides is 2. The van der Waals surface area contributed by atoms with Gasteiger partial charge < -0.3 is 10.2 Å². The Morgan fingerprint density at radius 2 is 1.92 bits per heavy atom. The molecule has 0 atom stereocenters. The molecule has 10 heteroatoms. The van der Waals surface area contributed by atoms with E-state index in [2.05, 4.69) is 32.3 Å². The summed E-state index contributed by atoms with van der Waals surface area (Å²) in [5.41, 5.74) is 3.80. The summed E-state index contributed by atoms with van der Waals surface area (Å²) < 4.78 is 3.99. The molecule has 1 N–H and O–H groups in total. The Kier molecular flexibility index (Phi) is 6.63. The quantitative estimate of drug-likeness (QED) is 0.375. The molecule has 5 rings (SSSR count). The monoisotopic (exact) mass is 577 g/mol. The van der Waals surface area contributed by atoms with Crippen LogP contribution in [0, 0.1) is 12.3 Å². The van der Waals surface area contributed by atoms with Crippen molar-refractivity contribution in [1.29, 1.82) is 0 Å². The third kappa shape index (κ3) is 4.32. The zero-order valence-electron chi connectivity index (χ0n) is 19.8. The molecular weight excluding hydrogens is 558 g/mol. The van der Waals surface area contributed by atoms with Crippen molar-refractivity contribution in [2.45, 2.75) is 19.4 Å². The van der Waals surface area contributed by atoms with Crippen LogP contribution in [0.3, 0.4) is 0 Å². The number of nitrogens with zero attached hydrogens (tertiary/aromatic N) is 4. The molecule has 4 aromatic rings. The van der Waals surface area contributed by atoms with Crippen molar-refractivity contribution in [1.82, 2.24) is 24.4 Å². The van der Waals surface area contributed by atoms with Gasteiger partial charge in [-0.3, -0.25) is 19.0 Å². The molecule has 8 nitrogen and oxygen atoms in total. The molecule has 2 aromatic heterocycles. The Morgan fingerprint density at radius 3 is 2.59 bits per heavy atom. The summed E-state index contributed by atoms with van der Waals surface area (Å²) in [4.78, 5) is 40.8. The number of carbonyl (C=O) groups excluding carboxylic acids is 2. The maximum Gasteiger partial charge on any atom is 0.261 e. The van der Waals surface area contributed by atoms with E-state index < -0.39 is 0 Å². The molecule has 0 fully saturated rings. The third-order valence-electron chi connectivity index (χ3n) is 6.43. The second-order valence-electron chi connectivity index (χ2n) is 8.58. The minimum atomic E-state index is -0.219. The van der Waals surface area contributed by atoms with E-state index in [0.717, 1.165) is 0 Å². The summed E-state index contributed by atoms with van der Waals surface area (Å²) in [5, 5.41) is 7.60. The number of halogens is 2. The first-order valence-electron chi connectivity index (χ1n) is 11.5. The van der Waals surface area contributed by atoms with E-state index >= 15 is 0 Å². The molecule has 2 amide bonds. The molecular formula is C27H21BrClN5O3. The molecule has 0 bridgehead atoms. The third-order valence-corrected chi connectivity index (χ3v) is 7.66. The number of hydrogen-bond acceptors (Lipinski definition) is 4. The average Bonchev–Trinajstić information content (AvgIpc) is 3.33. The summed E-state index contributed by atoms with van der Waals surface area (Å²) in [7, 11) is 1.56. The van der Waals surface area contributed by atoms with Gasteiger partial charge in [0.1, 0.15) is 5.65 Å². The van der Waals surface area contributed by atoms with Gasteiger partial charge in [-0.15, -0.1) is 12.3 Å². The van der Waals surface area contributed by atoms with Crippen LogP contribution in [-0.4, -0.2) is 44.5 Å². The largest absolute Gasteiger partial charge is 0.355 e. The van der Waals surface area contributed by atoms with Crippen LogP contribution in [-0.2, 0) is 19.4 Å². The van der Waals surface area contributed by atoms with Gasteiger partial charge in [0.25, 0.3) is 17.4 Å². The van der Waals surface area contributed by atoms with Gasteiger partial charge in [-0.2, -0.15) is 5.10 Å². The van der Waals surface area contributed by atoms with E-state index in [1.165, 1.54) is 0 Å². The van der Waals surface area contributed by atoms with E-state index in [9.17, 15) is 14.4 Å². The maximum absolute atomic E-state index is 13.9. The van der Waals surface area contributed by atoms with E-state index in [0.29, 0.717) is 61.7 Å². The average molecular weight is 579 g/mol. The highest BCUT2D eigenvalue weighted by atomic mass is 79.9. The molecule has 0 saturated carbocycles. The highest BCUT2D eigenvalue weighted by Gasteiger charge is 2.29. The lowest BCUT2D eigenvalue weighted by molar-refractivity contribution is 0.0729. The van der Waals surface area contributed by atoms with Crippen molar-refractivity contribution in [2.24, 2.45) is 0 Å². The predicted octanol–water partition coefficient (Wildman–Crippen LogP) is 3.63. The number of rotatable bonds is 4. The first-order valence-corrected chi connectivity index (χ1v) is 12.6. The Morgan fingerprint density at radius 1 is 1.19 bits per heavy atom. The van der Waals surface area contributed by atoms with Crippen LogP contribution in [0.4, 0.5) is 0 Å². The molecule has 1 aliphatic rings. The molecule has 3 heterocycles. The number of aromatic nitrogens is 3. The van der Waals surface area contributed by atoms with Gasteiger partial charge >= 0.3 is 0 Å². The fourth-order valence-electron chi connectivity index (χ4n) is 4.58. The van der Waals surface area contributed by atoms with Crippen molar-refractivity contribution in [3.05, 3.63) is 96.5 Å². The first-order chi connectivity index (χ1) is 17.8. The minimum absolute atomic E-state index is 0.182. The second kappa shape index (κ2) is 9.88. The molecule has 0 unspecified atom stereocenters. The number of carbonyl (C=O) groups is 2. The van der Waals surface area contributed by atoms with Gasteiger partial charge in [0.15, 0.2) is 0 Å². The fraction of sp³-hybridized carbons (Fsp3) is 0.185. The van der Waals surface area contributed by atoms with Gasteiger partial charge in [0, 0.05) is 46.7 Å². The highest BCUT2D eigenvalue weighted by molar-refractivity contribution is 9.10. The molecule has 1 aliphatic heterocycles. The van der Waals surface area contributed by atoms with Crippen LogP contribution in [0.25, 0.3) is 11.3 Å². The minimum Gasteiger partial charge on any atom is -0.355 e. The lowest BCUT2D eigenvalue weighted by atomic mass is 10.0. The number of fused-ring (bicyclic) bond motifs is 3. The van der Waals surface area contributed by atoms with Crippen LogP contribution in [0.2, 0.25) is 5.02 Å². The molecule has 37 heavy (non-hydrogen) atoms. The van der Waals surface area contributed by atoms with Crippen molar-refractivity contribution >= 4 is 45.0 Å².